The van der Waals surface area contributed by atoms with E-state index in [1.165, 1.54) is 4.90 Å². The van der Waals surface area contributed by atoms with Gasteiger partial charge in [0.2, 0.25) is 21.8 Å². The minimum atomic E-state index is -3.93. The molecule has 1 aromatic carbocycles. The molecule has 0 spiro atoms. The number of hydrogen-bond acceptors (Lipinski definition) is 9. The summed E-state index contributed by atoms with van der Waals surface area (Å²) in [6.07, 6.45) is 12.9. The Morgan fingerprint density at radius 2 is 1.74 bits per heavy atom. The van der Waals surface area contributed by atoms with E-state index in [0.29, 0.717) is 48.6 Å². The molecule has 4 aliphatic carbocycles. The van der Waals surface area contributed by atoms with Gasteiger partial charge in [0.25, 0.3) is 5.91 Å². The van der Waals surface area contributed by atoms with Crippen LogP contribution in [0.1, 0.15) is 95.5 Å². The van der Waals surface area contributed by atoms with Gasteiger partial charge in [0, 0.05) is 22.2 Å². The molecule has 14 nitrogen and oxygen atoms in total. The van der Waals surface area contributed by atoms with Gasteiger partial charge in [-0.1, -0.05) is 47.0 Å². The molecule has 6 aliphatic rings. The van der Waals surface area contributed by atoms with E-state index < -0.39 is 68.7 Å². The number of ether oxygens (including phenoxy) is 2. The number of H-pyrrole nitrogens is 1. The van der Waals surface area contributed by atoms with Crippen molar-refractivity contribution in [1.82, 2.24) is 25.2 Å². The Morgan fingerprint density at radius 3 is 2.47 bits per heavy atom. The second-order valence-corrected chi connectivity index (χ2v) is 19.9. The summed E-state index contributed by atoms with van der Waals surface area (Å²) in [5.74, 6) is -2.31. The Hall–Kier alpha value is -4.18. The molecule has 1 aromatic heterocycles. The molecule has 4 saturated carbocycles. The van der Waals surface area contributed by atoms with Gasteiger partial charge in [-0.25, -0.2) is 13.2 Å². The van der Waals surface area contributed by atoms with Crippen LogP contribution in [-0.2, 0) is 35.6 Å². The van der Waals surface area contributed by atoms with E-state index in [9.17, 15) is 32.4 Å². The fourth-order valence-corrected chi connectivity index (χ4v) is 11.5. The van der Waals surface area contributed by atoms with E-state index >= 15 is 0 Å². The number of carbonyl (C=O) groups excluding carboxylic acids is 4. The number of aromatic amines is 1. The van der Waals surface area contributed by atoms with Crippen LogP contribution in [0.4, 0.5) is 4.79 Å². The number of benzene rings is 1. The maximum atomic E-state index is 14.9. The lowest BCUT2D eigenvalue weighted by Gasteiger charge is -2.47. The molecule has 7 atom stereocenters. The molecule has 5 fully saturated rings. The summed E-state index contributed by atoms with van der Waals surface area (Å²) in [5.41, 5.74) is -0.831. The van der Waals surface area contributed by atoms with Crippen LogP contribution in [0.25, 0.3) is 10.9 Å². The second kappa shape index (κ2) is 16.5. The van der Waals surface area contributed by atoms with Gasteiger partial charge in [-0.2, -0.15) is 0 Å². The van der Waals surface area contributed by atoms with E-state index in [-0.39, 0.29) is 55.1 Å². The first-order chi connectivity index (χ1) is 27.9. The zero-order valence-corrected chi connectivity index (χ0v) is 34.9. The monoisotopic (exact) mass is 881 g/mol. The van der Waals surface area contributed by atoms with Gasteiger partial charge in [0.05, 0.1) is 22.9 Å². The number of amides is 4. The third kappa shape index (κ3) is 8.06. The number of allylic oxidation sites excluding steroid dienone is 2. The fourth-order valence-electron chi connectivity index (χ4n) is 9.77. The summed E-state index contributed by atoms with van der Waals surface area (Å²) in [7, 11) is -3.93. The number of nitrogens with zero attached hydrogens (tertiary/aromatic N) is 1. The summed E-state index contributed by atoms with van der Waals surface area (Å²) in [4.78, 5) is 75.8. The van der Waals surface area contributed by atoms with Crippen LogP contribution in [0.15, 0.2) is 52.3 Å². The zero-order valence-electron chi connectivity index (χ0n) is 32.5. The molecule has 312 valence electrons. The molecule has 16 heteroatoms. The molecule has 58 heavy (non-hydrogen) atoms. The van der Waals surface area contributed by atoms with Gasteiger partial charge in [-0.05, 0) is 107 Å². The average Bonchev–Trinajstić information content (AvgIpc) is 3.51. The number of hydrogen-bond donors (Lipinski definition) is 4. The van der Waals surface area contributed by atoms with Crippen molar-refractivity contribution in [3.8, 4) is 5.88 Å². The minimum absolute atomic E-state index is 0.00429. The van der Waals surface area contributed by atoms with Crippen LogP contribution in [0.5, 0.6) is 5.88 Å². The second-order valence-electron chi connectivity index (χ2n) is 17.0. The molecule has 4 N–H and O–H groups in total. The van der Waals surface area contributed by atoms with Crippen LogP contribution in [0.3, 0.4) is 0 Å². The summed E-state index contributed by atoms with van der Waals surface area (Å²) in [6.45, 7) is 3.80. The smallest absolute Gasteiger partial charge is 0.408 e. The molecular weight excluding hydrogens is 830 g/mol. The van der Waals surface area contributed by atoms with Crippen molar-refractivity contribution in [2.24, 2.45) is 17.8 Å². The van der Waals surface area contributed by atoms with Gasteiger partial charge in [-0.3, -0.25) is 23.9 Å². The lowest BCUT2D eigenvalue weighted by atomic mass is 9.66. The van der Waals surface area contributed by atoms with Gasteiger partial charge in [0.15, 0.2) is 11.3 Å². The normalized spacial score (nSPS) is 31.4. The summed E-state index contributed by atoms with van der Waals surface area (Å²) in [5, 5.41) is 5.65. The maximum absolute atomic E-state index is 14.9. The summed E-state index contributed by atoms with van der Waals surface area (Å²) >= 11 is 3.48. The Kier molecular flexibility index (Phi) is 11.5. The van der Waals surface area contributed by atoms with Crippen LogP contribution in [0, 0.1) is 17.8 Å². The molecule has 2 aromatic rings. The summed E-state index contributed by atoms with van der Waals surface area (Å²) in [6, 6.07) is 3.22. The Balaban J connectivity index is 1.16. The molecule has 3 heterocycles. The van der Waals surface area contributed by atoms with Crippen LogP contribution in [0.2, 0.25) is 0 Å². The van der Waals surface area contributed by atoms with E-state index in [2.05, 4.69) is 42.8 Å². The predicted molar refractivity (Wildman–Crippen MR) is 219 cm³/mol. The standard InChI is InChI=1S/C42H52BrN5O9S/c1-2-26-19-20-42(26,40(52)47-58(54,55)29-16-17-29)46-37(50)33-22-28-23-48(33)39(51)35(25-10-6-7-11-25)45-41(53)57-34-14-8-12-24(34)9-4-3-5-13-30-36(49)31-21-27(43)15-18-32(31)44-38(30)56-28/h2-3,5,15,18,21,24-26,28-29,33-35H,1,4,6-14,16-17,19-20,22-23H2,(H,44,49)(H,45,53)(H,46,50)(H,47,52)/b5-3+/t24-,26-,28-,33+,34?,35+,42-/m1/s1. The van der Waals surface area contributed by atoms with E-state index in [1.54, 1.807) is 18.2 Å². The van der Waals surface area contributed by atoms with Gasteiger partial charge in [-0.15, -0.1) is 6.58 Å². The first-order valence-corrected chi connectivity index (χ1v) is 23.1. The first-order valence-electron chi connectivity index (χ1n) is 20.8. The molecule has 1 unspecified atom stereocenters. The number of carbonyl (C=O) groups is 4. The van der Waals surface area contributed by atoms with Crippen molar-refractivity contribution in [2.75, 3.05) is 6.54 Å². The highest BCUT2D eigenvalue weighted by atomic mass is 79.9. The number of rotatable bonds is 7. The fraction of sp³-hybridized carbons (Fsp3) is 0.595. The molecule has 2 bridgehead atoms. The molecule has 1 saturated heterocycles. The summed E-state index contributed by atoms with van der Waals surface area (Å²) < 4.78 is 41.4. The lowest BCUT2D eigenvalue weighted by Crippen LogP contribution is -2.70. The average molecular weight is 883 g/mol. The van der Waals surface area contributed by atoms with Crippen LogP contribution >= 0.6 is 15.9 Å². The lowest BCUT2D eigenvalue weighted by molar-refractivity contribution is -0.145. The van der Waals surface area contributed by atoms with Gasteiger partial charge in [0.1, 0.15) is 29.8 Å². The van der Waals surface area contributed by atoms with E-state index in [4.69, 9.17) is 9.47 Å². The highest BCUT2D eigenvalue weighted by molar-refractivity contribution is 9.10. The van der Waals surface area contributed by atoms with Crippen LogP contribution in [-0.4, -0.2) is 83.7 Å². The topological polar surface area (TPSA) is 193 Å². The van der Waals surface area contributed by atoms with Crippen molar-refractivity contribution >= 4 is 60.7 Å². The molecule has 8 rings (SSSR count). The number of sulfonamides is 1. The van der Waals surface area contributed by atoms with Crippen molar-refractivity contribution in [3.05, 3.63) is 63.3 Å². The van der Waals surface area contributed by atoms with Crippen LogP contribution < -0.4 is 25.5 Å². The quantitative estimate of drug-likeness (QED) is 0.276. The third-order valence-corrected chi connectivity index (χ3v) is 15.6. The minimum Gasteiger partial charge on any atom is -0.473 e. The van der Waals surface area contributed by atoms with E-state index in [0.717, 1.165) is 49.4 Å². The Bertz CT molecular complexity index is 2180. The van der Waals surface area contributed by atoms with Crippen molar-refractivity contribution < 1.29 is 37.1 Å². The number of nitrogens with one attached hydrogen (secondary N) is 4. The van der Waals surface area contributed by atoms with Crippen molar-refractivity contribution in [1.29, 1.82) is 0 Å². The van der Waals surface area contributed by atoms with E-state index in [1.807, 2.05) is 18.2 Å². The highest BCUT2D eigenvalue weighted by Crippen LogP contribution is 2.42. The van der Waals surface area contributed by atoms with Crippen molar-refractivity contribution in [3.63, 3.8) is 0 Å². The Morgan fingerprint density at radius 1 is 0.966 bits per heavy atom. The molecule has 0 radical (unpaired) electrons. The first kappa shape index (κ1) is 40.6. The number of aromatic nitrogens is 1. The van der Waals surface area contributed by atoms with Gasteiger partial charge < -0.3 is 30.0 Å². The largest absolute Gasteiger partial charge is 0.473 e. The Labute approximate surface area is 346 Å². The molecule has 2 aliphatic heterocycles. The SMILES string of the molecule is C=C[C@@H]1CC[C@]1(NC(=O)[C@@H]1C[C@@H]2CN1C(=O)[C@H](C1CCCC1)NC(=O)OC1CCC[C@H]1CC/C=C/Cc1c([nH]c3ccc(Br)cc3c1=O)O2)C(=O)NS(=O)(=O)C1CC1. The zero-order chi connectivity index (χ0) is 40.8. The number of fused-ring (bicyclic) bond motifs is 5. The predicted octanol–water partition coefficient (Wildman–Crippen LogP) is 5.04. The number of pyridine rings is 1. The number of alkyl carbamates (subject to hydrolysis) is 1. The van der Waals surface area contributed by atoms with Gasteiger partial charge >= 0.3 is 6.09 Å². The number of halogens is 1. The van der Waals surface area contributed by atoms with Crippen molar-refractivity contribution in [2.45, 2.75) is 131 Å². The maximum Gasteiger partial charge on any atom is 0.408 e. The molecule has 4 amide bonds. The highest BCUT2D eigenvalue weighted by Gasteiger charge is 2.56. The third-order valence-electron chi connectivity index (χ3n) is 13.3. The molecular formula is C42H52BrN5O9S.